The molecule has 0 aliphatic carbocycles. The first-order chi connectivity index (χ1) is 15.5. The lowest BCUT2D eigenvalue weighted by atomic mass is 10.2. The molecule has 1 atom stereocenters. The average molecular weight is 458 g/mol. The monoisotopic (exact) mass is 457 g/mol. The van der Waals surface area contributed by atoms with E-state index in [-0.39, 0.29) is 23.3 Å². The van der Waals surface area contributed by atoms with Crippen LogP contribution < -0.4 is 20.3 Å². The minimum Gasteiger partial charge on any atom is -0.493 e. The Morgan fingerprint density at radius 1 is 1.12 bits per heavy atom. The van der Waals surface area contributed by atoms with Crippen LogP contribution in [0, 0.1) is 0 Å². The Bertz CT molecular complexity index is 1150. The number of nitrogens with one attached hydrogen (secondary N) is 1. The summed E-state index contributed by atoms with van der Waals surface area (Å²) in [7, 11) is 4.73. The topological polar surface area (TPSA) is 91.7 Å². The van der Waals surface area contributed by atoms with Crippen LogP contribution in [0.1, 0.15) is 18.5 Å². The Balaban J connectivity index is 1.73. The molecule has 1 aromatic heterocycles. The van der Waals surface area contributed by atoms with Crippen LogP contribution in [-0.2, 0) is 16.1 Å². The number of fused-ring (bicyclic) bond motifs is 1. The van der Waals surface area contributed by atoms with Crippen molar-refractivity contribution in [1.29, 1.82) is 0 Å². The molecule has 2 aromatic carbocycles. The molecule has 0 aliphatic heterocycles. The summed E-state index contributed by atoms with van der Waals surface area (Å²) in [5.74, 6) is 1.18. The van der Waals surface area contributed by atoms with Gasteiger partial charge in [-0.1, -0.05) is 30.0 Å². The molecule has 170 valence electrons. The second kappa shape index (κ2) is 11.0. The molecule has 0 aliphatic rings. The van der Waals surface area contributed by atoms with E-state index in [1.165, 1.54) is 11.8 Å². The second-order valence-corrected chi connectivity index (χ2v) is 8.09. The van der Waals surface area contributed by atoms with Gasteiger partial charge in [0.15, 0.2) is 16.7 Å². The summed E-state index contributed by atoms with van der Waals surface area (Å²) in [6.07, 6.45) is 0. The minimum atomic E-state index is -0.220. The third-order valence-corrected chi connectivity index (χ3v) is 5.85. The Labute approximate surface area is 190 Å². The van der Waals surface area contributed by atoms with Crippen molar-refractivity contribution < 1.29 is 19.0 Å². The smallest absolute Gasteiger partial charge is 0.262 e. The summed E-state index contributed by atoms with van der Waals surface area (Å²) < 4.78 is 17.4. The lowest BCUT2D eigenvalue weighted by Crippen LogP contribution is -2.29. The van der Waals surface area contributed by atoms with Crippen LogP contribution in [0.15, 0.2) is 52.4 Å². The fourth-order valence-corrected chi connectivity index (χ4v) is 4.23. The Hall–Kier alpha value is -3.04. The molecular formula is C23H27N3O5S. The number of aromatic nitrogens is 2. The van der Waals surface area contributed by atoms with Gasteiger partial charge in [0, 0.05) is 13.7 Å². The summed E-state index contributed by atoms with van der Waals surface area (Å²) in [5, 5.41) is 3.91. The molecule has 1 unspecified atom stereocenters. The molecule has 3 rings (SSSR count). The molecule has 0 spiro atoms. The van der Waals surface area contributed by atoms with Crippen molar-refractivity contribution in [2.75, 3.05) is 33.7 Å². The Kier molecular flexibility index (Phi) is 8.13. The molecule has 0 radical (unpaired) electrons. The van der Waals surface area contributed by atoms with Crippen molar-refractivity contribution >= 4 is 28.6 Å². The van der Waals surface area contributed by atoms with E-state index >= 15 is 0 Å². The highest BCUT2D eigenvalue weighted by Gasteiger charge is 2.17. The zero-order valence-corrected chi connectivity index (χ0v) is 19.4. The first-order valence-corrected chi connectivity index (χ1v) is 11.1. The number of hydrogen-bond donors (Lipinski definition) is 1. The van der Waals surface area contributed by atoms with Crippen molar-refractivity contribution in [1.82, 2.24) is 14.9 Å². The molecule has 1 N–H and O–H groups in total. The summed E-state index contributed by atoms with van der Waals surface area (Å²) in [6.45, 7) is 2.60. The number of ether oxygens (including phenoxy) is 3. The molecule has 1 amide bonds. The van der Waals surface area contributed by atoms with Crippen LogP contribution in [0.2, 0.25) is 0 Å². The maximum atomic E-state index is 13.1. The molecule has 0 fully saturated rings. The highest BCUT2D eigenvalue weighted by Crippen LogP contribution is 2.27. The SMILES string of the molecule is COCC(C)n1c(SCC(=O)NCc2ccc(OC)c(OC)c2)nc2ccccc2c1=O. The Morgan fingerprint density at radius 3 is 2.59 bits per heavy atom. The first kappa shape index (κ1) is 23.6. The Morgan fingerprint density at radius 2 is 1.88 bits per heavy atom. The van der Waals surface area contributed by atoms with Crippen LogP contribution in [0.3, 0.4) is 0 Å². The van der Waals surface area contributed by atoms with E-state index in [2.05, 4.69) is 10.3 Å². The number of methoxy groups -OCH3 is 3. The number of benzene rings is 2. The molecule has 9 heteroatoms. The van der Waals surface area contributed by atoms with Crippen molar-refractivity contribution in [2.24, 2.45) is 0 Å². The quantitative estimate of drug-likeness (QED) is 0.370. The van der Waals surface area contributed by atoms with Crippen LogP contribution in [-0.4, -0.2) is 49.1 Å². The minimum absolute atomic E-state index is 0.123. The highest BCUT2D eigenvalue weighted by molar-refractivity contribution is 7.99. The fraction of sp³-hybridized carbons (Fsp3) is 0.348. The fourth-order valence-electron chi connectivity index (χ4n) is 3.30. The van der Waals surface area contributed by atoms with Crippen LogP contribution in [0.25, 0.3) is 10.9 Å². The summed E-state index contributed by atoms with van der Waals surface area (Å²) >= 11 is 1.23. The van der Waals surface area contributed by atoms with Crippen molar-refractivity contribution in [3.63, 3.8) is 0 Å². The normalized spacial score (nSPS) is 11.9. The lowest BCUT2D eigenvalue weighted by Gasteiger charge is -2.18. The van der Waals surface area contributed by atoms with Crippen molar-refractivity contribution in [2.45, 2.75) is 24.7 Å². The van der Waals surface area contributed by atoms with E-state index in [4.69, 9.17) is 14.2 Å². The van der Waals surface area contributed by atoms with E-state index in [0.717, 1.165) is 5.56 Å². The number of rotatable bonds is 10. The standard InChI is InChI=1S/C23H27N3O5S/c1-15(13-29-2)26-22(28)17-7-5-6-8-18(17)25-23(26)32-14-21(27)24-12-16-9-10-19(30-3)20(11-16)31-4/h5-11,15H,12-14H2,1-4H3,(H,24,27). The zero-order chi connectivity index (χ0) is 23.1. The van der Waals surface area contributed by atoms with Gasteiger partial charge in [-0.25, -0.2) is 4.98 Å². The molecule has 0 saturated heterocycles. The van der Waals surface area contributed by atoms with E-state index in [1.807, 2.05) is 31.2 Å². The van der Waals surface area contributed by atoms with Gasteiger partial charge in [0.1, 0.15) is 0 Å². The number of carbonyl (C=O) groups excluding carboxylic acids is 1. The molecular weight excluding hydrogens is 430 g/mol. The van der Waals surface area contributed by atoms with Gasteiger partial charge in [0.2, 0.25) is 5.91 Å². The lowest BCUT2D eigenvalue weighted by molar-refractivity contribution is -0.118. The van der Waals surface area contributed by atoms with Crippen LogP contribution in [0.5, 0.6) is 11.5 Å². The number of carbonyl (C=O) groups is 1. The van der Waals surface area contributed by atoms with Crippen molar-refractivity contribution in [3.05, 3.63) is 58.4 Å². The predicted octanol–water partition coefficient (Wildman–Crippen LogP) is 3.03. The van der Waals surface area contributed by atoms with Gasteiger partial charge in [-0.2, -0.15) is 0 Å². The van der Waals surface area contributed by atoms with Gasteiger partial charge in [-0.15, -0.1) is 0 Å². The third-order valence-electron chi connectivity index (χ3n) is 4.89. The van der Waals surface area contributed by atoms with Crippen LogP contribution >= 0.6 is 11.8 Å². The number of nitrogens with zero attached hydrogens (tertiary/aromatic N) is 2. The maximum Gasteiger partial charge on any atom is 0.262 e. The zero-order valence-electron chi connectivity index (χ0n) is 18.6. The van der Waals surface area contributed by atoms with Gasteiger partial charge < -0.3 is 19.5 Å². The number of thioether (sulfide) groups is 1. The third kappa shape index (κ3) is 5.41. The maximum absolute atomic E-state index is 13.1. The van der Waals surface area contributed by atoms with Gasteiger partial charge in [0.05, 0.1) is 43.5 Å². The largest absolute Gasteiger partial charge is 0.493 e. The average Bonchev–Trinajstić information content (AvgIpc) is 2.81. The molecule has 0 bridgehead atoms. The number of hydrogen-bond acceptors (Lipinski definition) is 7. The highest BCUT2D eigenvalue weighted by atomic mass is 32.2. The van der Waals surface area contributed by atoms with E-state index in [9.17, 15) is 9.59 Å². The van der Waals surface area contributed by atoms with Crippen molar-refractivity contribution in [3.8, 4) is 11.5 Å². The predicted molar refractivity (Wildman–Crippen MR) is 125 cm³/mol. The number of amides is 1. The molecule has 32 heavy (non-hydrogen) atoms. The summed E-state index contributed by atoms with van der Waals surface area (Å²) in [4.78, 5) is 30.2. The summed E-state index contributed by atoms with van der Waals surface area (Å²) in [6, 6.07) is 12.5. The second-order valence-electron chi connectivity index (χ2n) is 7.15. The van der Waals surface area contributed by atoms with Gasteiger partial charge >= 0.3 is 0 Å². The molecule has 3 aromatic rings. The van der Waals surface area contributed by atoms with Crippen LogP contribution in [0.4, 0.5) is 0 Å². The summed E-state index contributed by atoms with van der Waals surface area (Å²) in [5.41, 5.74) is 1.34. The van der Waals surface area contributed by atoms with E-state index in [0.29, 0.717) is 40.7 Å². The molecule has 0 saturated carbocycles. The van der Waals surface area contributed by atoms with Gasteiger partial charge in [-0.3, -0.25) is 14.2 Å². The van der Waals surface area contributed by atoms with E-state index < -0.39 is 0 Å². The molecule has 1 heterocycles. The molecule has 8 nitrogen and oxygen atoms in total. The van der Waals surface area contributed by atoms with Gasteiger partial charge in [0.25, 0.3) is 5.56 Å². The van der Waals surface area contributed by atoms with Gasteiger partial charge in [-0.05, 0) is 36.8 Å². The first-order valence-electron chi connectivity index (χ1n) is 10.1. The number of para-hydroxylation sites is 1. The van der Waals surface area contributed by atoms with E-state index in [1.54, 1.807) is 44.1 Å².